The summed E-state index contributed by atoms with van der Waals surface area (Å²) in [5.41, 5.74) is 6.16. The number of hydrogen-bond donors (Lipinski definition) is 1. The van der Waals surface area contributed by atoms with Gasteiger partial charge in [0.05, 0.1) is 0 Å². The zero-order chi connectivity index (χ0) is 15.4. The van der Waals surface area contributed by atoms with Crippen molar-refractivity contribution in [1.29, 1.82) is 0 Å². The Labute approximate surface area is 133 Å². The number of aryl methyl sites for hydroxylation is 2. The van der Waals surface area contributed by atoms with Gasteiger partial charge in [-0.3, -0.25) is 0 Å². The van der Waals surface area contributed by atoms with Gasteiger partial charge in [0.15, 0.2) is 0 Å². The second-order valence-corrected chi connectivity index (χ2v) is 6.09. The highest BCUT2D eigenvalue weighted by Crippen LogP contribution is 2.35. The molecule has 0 radical (unpaired) electrons. The van der Waals surface area contributed by atoms with Crippen LogP contribution in [-0.2, 0) is 0 Å². The number of hydrogen-bond acceptors (Lipinski definition) is 1. The van der Waals surface area contributed by atoms with Gasteiger partial charge >= 0.3 is 0 Å². The zero-order valence-electron chi connectivity index (χ0n) is 13.3. The Morgan fingerprint density at radius 1 is 1.05 bits per heavy atom. The first-order valence-corrected chi connectivity index (χ1v) is 8.01. The van der Waals surface area contributed by atoms with Crippen molar-refractivity contribution >= 4 is 11.6 Å². The molecule has 21 heavy (non-hydrogen) atoms. The molecule has 0 heterocycles. The molecule has 112 valence electrons. The standard InChI is InChI=1S/C19H24ClN/c1-5-10-21-15(4)16-8-6-7-9-17(16)18-11-13(2)14(3)12-19(18)20/h6-9,11-12,15,21H,5,10H2,1-4H3. The van der Waals surface area contributed by atoms with Crippen LogP contribution in [0.1, 0.15) is 43.0 Å². The third kappa shape index (κ3) is 3.66. The lowest BCUT2D eigenvalue weighted by Gasteiger charge is -2.19. The molecule has 2 heteroatoms. The van der Waals surface area contributed by atoms with Crippen molar-refractivity contribution in [2.24, 2.45) is 0 Å². The molecule has 0 aliphatic rings. The van der Waals surface area contributed by atoms with Gasteiger partial charge in [-0.2, -0.15) is 0 Å². The van der Waals surface area contributed by atoms with Gasteiger partial charge < -0.3 is 5.32 Å². The fourth-order valence-electron chi connectivity index (χ4n) is 2.58. The van der Waals surface area contributed by atoms with Gasteiger partial charge in [-0.25, -0.2) is 0 Å². The number of benzene rings is 2. The van der Waals surface area contributed by atoms with E-state index in [0.717, 1.165) is 23.6 Å². The lowest BCUT2D eigenvalue weighted by Crippen LogP contribution is -2.19. The van der Waals surface area contributed by atoms with Crippen LogP contribution in [-0.4, -0.2) is 6.54 Å². The molecular weight excluding hydrogens is 278 g/mol. The van der Waals surface area contributed by atoms with Crippen LogP contribution in [0.5, 0.6) is 0 Å². The molecule has 0 aromatic heterocycles. The van der Waals surface area contributed by atoms with E-state index in [0.29, 0.717) is 6.04 Å². The van der Waals surface area contributed by atoms with E-state index >= 15 is 0 Å². The Hall–Kier alpha value is -1.31. The van der Waals surface area contributed by atoms with Gasteiger partial charge in [0.2, 0.25) is 0 Å². The molecular formula is C19H24ClN. The summed E-state index contributed by atoms with van der Waals surface area (Å²) in [6, 6.07) is 13.1. The Morgan fingerprint density at radius 2 is 1.71 bits per heavy atom. The fourth-order valence-corrected chi connectivity index (χ4v) is 2.90. The van der Waals surface area contributed by atoms with Gasteiger partial charge in [-0.1, -0.05) is 42.8 Å². The SMILES string of the molecule is CCCNC(C)c1ccccc1-c1cc(C)c(C)cc1Cl. The predicted molar refractivity (Wildman–Crippen MR) is 93.1 cm³/mol. The summed E-state index contributed by atoms with van der Waals surface area (Å²) in [7, 11) is 0. The minimum Gasteiger partial charge on any atom is -0.310 e. The molecule has 0 bridgehead atoms. The van der Waals surface area contributed by atoms with Crippen LogP contribution in [0.25, 0.3) is 11.1 Å². The van der Waals surface area contributed by atoms with Crippen LogP contribution >= 0.6 is 11.6 Å². The van der Waals surface area contributed by atoms with Crippen molar-refractivity contribution in [2.75, 3.05) is 6.54 Å². The largest absolute Gasteiger partial charge is 0.310 e. The Bertz CT molecular complexity index is 619. The summed E-state index contributed by atoms with van der Waals surface area (Å²) >= 11 is 6.50. The minimum absolute atomic E-state index is 0.318. The molecule has 0 saturated carbocycles. The molecule has 0 spiro atoms. The third-order valence-electron chi connectivity index (χ3n) is 4.00. The van der Waals surface area contributed by atoms with Crippen LogP contribution in [0.4, 0.5) is 0 Å². The first kappa shape index (κ1) is 16.1. The molecule has 2 aromatic rings. The van der Waals surface area contributed by atoms with Crippen molar-refractivity contribution in [1.82, 2.24) is 5.32 Å². The first-order valence-electron chi connectivity index (χ1n) is 7.64. The molecule has 2 rings (SSSR count). The van der Waals surface area contributed by atoms with E-state index in [9.17, 15) is 0 Å². The monoisotopic (exact) mass is 301 g/mol. The van der Waals surface area contributed by atoms with E-state index in [2.05, 4.69) is 69.4 Å². The van der Waals surface area contributed by atoms with Gasteiger partial charge in [-0.05, 0) is 68.1 Å². The van der Waals surface area contributed by atoms with E-state index in [1.165, 1.54) is 22.3 Å². The van der Waals surface area contributed by atoms with Crippen LogP contribution < -0.4 is 5.32 Å². The molecule has 1 unspecified atom stereocenters. The molecule has 1 nitrogen and oxygen atoms in total. The summed E-state index contributed by atoms with van der Waals surface area (Å²) in [6.45, 7) is 9.66. The number of nitrogens with one attached hydrogen (secondary N) is 1. The quantitative estimate of drug-likeness (QED) is 0.748. The van der Waals surface area contributed by atoms with Crippen LogP contribution in [0.2, 0.25) is 5.02 Å². The van der Waals surface area contributed by atoms with E-state index in [4.69, 9.17) is 11.6 Å². The Balaban J connectivity index is 2.47. The molecule has 0 saturated heterocycles. The van der Waals surface area contributed by atoms with E-state index in [1.807, 2.05) is 0 Å². The van der Waals surface area contributed by atoms with E-state index in [1.54, 1.807) is 0 Å². The summed E-state index contributed by atoms with van der Waals surface area (Å²) in [4.78, 5) is 0. The smallest absolute Gasteiger partial charge is 0.0487 e. The first-order chi connectivity index (χ1) is 10.0. The normalized spacial score (nSPS) is 12.4. The summed E-state index contributed by atoms with van der Waals surface area (Å²) in [5.74, 6) is 0. The second-order valence-electron chi connectivity index (χ2n) is 5.68. The van der Waals surface area contributed by atoms with Crippen molar-refractivity contribution < 1.29 is 0 Å². The molecule has 0 amide bonds. The van der Waals surface area contributed by atoms with Gasteiger partial charge in [-0.15, -0.1) is 0 Å². The fraction of sp³-hybridized carbons (Fsp3) is 0.368. The Kier molecular flexibility index (Phi) is 5.44. The van der Waals surface area contributed by atoms with Crippen molar-refractivity contribution in [2.45, 2.75) is 40.2 Å². The molecule has 0 aliphatic heterocycles. The van der Waals surface area contributed by atoms with Crippen LogP contribution in [0.15, 0.2) is 36.4 Å². The predicted octanol–water partition coefficient (Wildman–Crippen LogP) is 5.68. The minimum atomic E-state index is 0.318. The van der Waals surface area contributed by atoms with Crippen LogP contribution in [0.3, 0.4) is 0 Å². The van der Waals surface area contributed by atoms with E-state index < -0.39 is 0 Å². The zero-order valence-corrected chi connectivity index (χ0v) is 14.1. The van der Waals surface area contributed by atoms with E-state index in [-0.39, 0.29) is 0 Å². The average Bonchev–Trinajstić information content (AvgIpc) is 2.48. The molecule has 1 atom stereocenters. The second kappa shape index (κ2) is 7.11. The summed E-state index contributed by atoms with van der Waals surface area (Å²) < 4.78 is 0. The van der Waals surface area contributed by atoms with Gasteiger partial charge in [0.1, 0.15) is 0 Å². The van der Waals surface area contributed by atoms with Crippen molar-refractivity contribution in [3.8, 4) is 11.1 Å². The summed E-state index contributed by atoms with van der Waals surface area (Å²) in [5, 5.41) is 4.39. The molecule has 2 aromatic carbocycles. The maximum atomic E-state index is 6.50. The van der Waals surface area contributed by atoms with Gasteiger partial charge in [0, 0.05) is 16.6 Å². The van der Waals surface area contributed by atoms with Gasteiger partial charge in [0.25, 0.3) is 0 Å². The molecule has 0 aliphatic carbocycles. The lowest BCUT2D eigenvalue weighted by molar-refractivity contribution is 0.572. The summed E-state index contributed by atoms with van der Waals surface area (Å²) in [6.07, 6.45) is 1.14. The van der Waals surface area contributed by atoms with Crippen LogP contribution in [0, 0.1) is 13.8 Å². The molecule has 1 N–H and O–H groups in total. The maximum absolute atomic E-state index is 6.50. The third-order valence-corrected chi connectivity index (χ3v) is 4.31. The highest BCUT2D eigenvalue weighted by atomic mass is 35.5. The number of halogens is 1. The maximum Gasteiger partial charge on any atom is 0.0487 e. The lowest BCUT2D eigenvalue weighted by atomic mass is 9.93. The average molecular weight is 302 g/mol. The highest BCUT2D eigenvalue weighted by molar-refractivity contribution is 6.33. The molecule has 0 fully saturated rings. The van der Waals surface area contributed by atoms with Crippen molar-refractivity contribution in [3.63, 3.8) is 0 Å². The number of rotatable bonds is 5. The topological polar surface area (TPSA) is 12.0 Å². The van der Waals surface area contributed by atoms with Crippen molar-refractivity contribution in [3.05, 3.63) is 58.1 Å². The Morgan fingerprint density at radius 3 is 2.43 bits per heavy atom. The highest BCUT2D eigenvalue weighted by Gasteiger charge is 2.14.